The van der Waals surface area contributed by atoms with Crippen molar-refractivity contribution in [2.75, 3.05) is 6.54 Å². The second-order valence-corrected chi connectivity index (χ2v) is 4.48. The lowest BCUT2D eigenvalue weighted by Crippen LogP contribution is -2.15. The standard InChI is InChI=1S/C14H13N3O4/c18-16(19)11-13-5-8-15(9-6-13)7-4-12-2-1-3-14(10-12)17(20)21/h1-10,13H,11H2/b7-4+. The van der Waals surface area contributed by atoms with E-state index in [0.29, 0.717) is 5.56 Å². The fourth-order valence-electron chi connectivity index (χ4n) is 1.84. The third kappa shape index (κ3) is 4.27. The first-order valence-corrected chi connectivity index (χ1v) is 6.23. The summed E-state index contributed by atoms with van der Waals surface area (Å²) in [5, 5.41) is 21.1. The van der Waals surface area contributed by atoms with Gasteiger partial charge in [0.05, 0.1) is 10.8 Å². The number of nitro benzene ring substituents is 1. The van der Waals surface area contributed by atoms with Crippen LogP contribution in [0.2, 0.25) is 0 Å². The number of rotatable bonds is 5. The van der Waals surface area contributed by atoms with Crippen LogP contribution in [0.4, 0.5) is 5.69 Å². The number of non-ortho nitro benzene ring substituents is 1. The molecule has 0 amide bonds. The smallest absolute Gasteiger partial charge is 0.270 e. The van der Waals surface area contributed by atoms with Gasteiger partial charge in [-0.1, -0.05) is 24.3 Å². The van der Waals surface area contributed by atoms with Gasteiger partial charge in [0.15, 0.2) is 0 Å². The molecule has 1 aromatic carbocycles. The van der Waals surface area contributed by atoms with Crippen molar-refractivity contribution >= 4 is 11.8 Å². The average Bonchev–Trinajstić information content (AvgIpc) is 2.46. The van der Waals surface area contributed by atoms with Crippen molar-refractivity contribution in [3.05, 3.63) is 80.8 Å². The van der Waals surface area contributed by atoms with Crippen molar-refractivity contribution in [2.45, 2.75) is 0 Å². The molecule has 1 aliphatic heterocycles. The van der Waals surface area contributed by atoms with Crippen LogP contribution in [0.15, 0.2) is 55.0 Å². The minimum atomic E-state index is -0.444. The van der Waals surface area contributed by atoms with E-state index >= 15 is 0 Å². The van der Waals surface area contributed by atoms with Crippen LogP contribution in [0.25, 0.3) is 6.08 Å². The van der Waals surface area contributed by atoms with Crippen molar-refractivity contribution in [1.82, 2.24) is 4.90 Å². The Labute approximate surface area is 120 Å². The van der Waals surface area contributed by atoms with Crippen LogP contribution < -0.4 is 0 Å². The third-order valence-corrected chi connectivity index (χ3v) is 2.89. The lowest BCUT2D eigenvalue weighted by molar-refractivity contribution is -0.483. The van der Waals surface area contributed by atoms with E-state index in [9.17, 15) is 20.2 Å². The van der Waals surface area contributed by atoms with E-state index in [-0.39, 0.29) is 23.1 Å². The summed E-state index contributed by atoms with van der Waals surface area (Å²) in [6.45, 7) is -0.130. The first-order valence-electron chi connectivity index (χ1n) is 6.23. The van der Waals surface area contributed by atoms with Gasteiger partial charge < -0.3 is 4.90 Å². The van der Waals surface area contributed by atoms with Crippen molar-refractivity contribution < 1.29 is 9.85 Å². The number of nitro groups is 2. The first kappa shape index (κ1) is 14.4. The first-order chi connectivity index (χ1) is 10.0. The van der Waals surface area contributed by atoms with Crippen LogP contribution in [-0.2, 0) is 0 Å². The zero-order valence-electron chi connectivity index (χ0n) is 11.0. The highest BCUT2D eigenvalue weighted by Gasteiger charge is 2.11. The number of hydrogen-bond donors (Lipinski definition) is 0. The highest BCUT2D eigenvalue weighted by Crippen LogP contribution is 2.16. The Morgan fingerprint density at radius 2 is 1.90 bits per heavy atom. The quantitative estimate of drug-likeness (QED) is 0.613. The van der Waals surface area contributed by atoms with Gasteiger partial charge in [-0.25, -0.2) is 0 Å². The van der Waals surface area contributed by atoms with E-state index in [1.54, 1.807) is 53.9 Å². The zero-order valence-corrected chi connectivity index (χ0v) is 11.0. The molecule has 0 aliphatic carbocycles. The largest absolute Gasteiger partial charge is 0.331 e. The maximum absolute atomic E-state index is 10.7. The van der Waals surface area contributed by atoms with Gasteiger partial charge in [0.1, 0.15) is 0 Å². The van der Waals surface area contributed by atoms with Crippen molar-refractivity contribution in [3.8, 4) is 0 Å². The highest BCUT2D eigenvalue weighted by molar-refractivity contribution is 5.53. The topological polar surface area (TPSA) is 89.5 Å². The van der Waals surface area contributed by atoms with Crippen LogP contribution in [0, 0.1) is 26.1 Å². The molecule has 0 saturated carbocycles. The van der Waals surface area contributed by atoms with Crippen LogP contribution in [0.5, 0.6) is 0 Å². The minimum Gasteiger partial charge on any atom is -0.331 e. The van der Waals surface area contributed by atoms with Crippen LogP contribution >= 0.6 is 0 Å². The van der Waals surface area contributed by atoms with Crippen molar-refractivity contribution in [1.29, 1.82) is 0 Å². The van der Waals surface area contributed by atoms with Crippen LogP contribution in [0.1, 0.15) is 5.56 Å². The molecular weight excluding hydrogens is 274 g/mol. The zero-order chi connectivity index (χ0) is 15.2. The maximum atomic E-state index is 10.7. The molecule has 1 aliphatic rings. The molecule has 0 aromatic heterocycles. The predicted octanol–water partition coefficient (Wildman–Crippen LogP) is 2.80. The molecule has 0 unspecified atom stereocenters. The average molecular weight is 287 g/mol. The molecule has 0 atom stereocenters. The Hall–Kier alpha value is -2.96. The summed E-state index contributed by atoms with van der Waals surface area (Å²) in [7, 11) is 0. The van der Waals surface area contributed by atoms with Gasteiger partial charge in [0, 0.05) is 35.7 Å². The van der Waals surface area contributed by atoms with Gasteiger partial charge in [-0.15, -0.1) is 0 Å². The molecule has 7 nitrogen and oxygen atoms in total. The van der Waals surface area contributed by atoms with E-state index in [1.165, 1.54) is 12.1 Å². The van der Waals surface area contributed by atoms with E-state index in [2.05, 4.69) is 0 Å². The molecule has 0 saturated heterocycles. The molecule has 7 heteroatoms. The second kappa shape index (κ2) is 6.47. The highest BCUT2D eigenvalue weighted by atomic mass is 16.6. The van der Waals surface area contributed by atoms with E-state index in [0.717, 1.165) is 0 Å². The monoisotopic (exact) mass is 287 g/mol. The molecule has 0 radical (unpaired) electrons. The normalized spacial score (nSPS) is 14.8. The Bertz CT molecular complexity index is 623. The van der Waals surface area contributed by atoms with Gasteiger partial charge in [0.2, 0.25) is 6.54 Å². The lowest BCUT2D eigenvalue weighted by Gasteiger charge is -2.15. The molecule has 0 bridgehead atoms. The summed E-state index contributed by atoms with van der Waals surface area (Å²) in [4.78, 5) is 22.0. The molecule has 21 heavy (non-hydrogen) atoms. The number of nitrogens with zero attached hydrogens (tertiary/aromatic N) is 3. The summed E-state index contributed by atoms with van der Waals surface area (Å²) in [5.41, 5.74) is 0.742. The van der Waals surface area contributed by atoms with Gasteiger partial charge in [0.25, 0.3) is 5.69 Å². The Morgan fingerprint density at radius 1 is 1.19 bits per heavy atom. The summed E-state index contributed by atoms with van der Waals surface area (Å²) in [6.07, 6.45) is 10.4. The van der Waals surface area contributed by atoms with Gasteiger partial charge >= 0.3 is 0 Å². The van der Waals surface area contributed by atoms with Gasteiger partial charge in [-0.05, 0) is 11.6 Å². The SMILES string of the molecule is O=[N+]([O-])CC1C=CN(/C=C/c2cccc([N+](=O)[O-])c2)C=C1. The maximum Gasteiger partial charge on any atom is 0.270 e. The molecule has 2 rings (SSSR count). The van der Waals surface area contributed by atoms with Crippen LogP contribution in [0.3, 0.4) is 0 Å². The fourth-order valence-corrected chi connectivity index (χ4v) is 1.84. The molecular formula is C14H13N3O4. The summed E-state index contributed by atoms with van der Waals surface area (Å²) in [6, 6.07) is 6.28. The van der Waals surface area contributed by atoms with E-state index < -0.39 is 4.92 Å². The third-order valence-electron chi connectivity index (χ3n) is 2.89. The summed E-state index contributed by atoms with van der Waals surface area (Å²) >= 11 is 0. The Balaban J connectivity index is 2.00. The molecule has 0 fully saturated rings. The summed E-state index contributed by atoms with van der Waals surface area (Å²) < 4.78 is 0. The second-order valence-electron chi connectivity index (χ2n) is 4.48. The molecule has 0 N–H and O–H groups in total. The molecule has 1 heterocycles. The van der Waals surface area contributed by atoms with Crippen molar-refractivity contribution in [2.24, 2.45) is 5.92 Å². The van der Waals surface area contributed by atoms with Gasteiger partial charge in [-0.2, -0.15) is 0 Å². The number of hydrogen-bond acceptors (Lipinski definition) is 5. The molecule has 1 aromatic rings. The fraction of sp³-hybridized carbons (Fsp3) is 0.143. The van der Waals surface area contributed by atoms with Crippen molar-refractivity contribution in [3.63, 3.8) is 0 Å². The van der Waals surface area contributed by atoms with E-state index in [4.69, 9.17) is 0 Å². The lowest BCUT2D eigenvalue weighted by atomic mass is 10.1. The Kier molecular flexibility index (Phi) is 4.45. The number of benzene rings is 1. The Morgan fingerprint density at radius 3 is 2.52 bits per heavy atom. The minimum absolute atomic E-state index is 0.0351. The van der Waals surface area contributed by atoms with Crippen LogP contribution in [-0.4, -0.2) is 21.3 Å². The van der Waals surface area contributed by atoms with E-state index in [1.807, 2.05) is 0 Å². The van der Waals surface area contributed by atoms with Gasteiger partial charge in [-0.3, -0.25) is 20.2 Å². The molecule has 0 spiro atoms. The molecule has 108 valence electrons. The summed E-state index contributed by atoms with van der Waals surface area (Å²) in [5.74, 6) is -0.206. The predicted molar refractivity (Wildman–Crippen MR) is 77.6 cm³/mol.